The number of nitrogens with zero attached hydrogens (tertiary/aromatic N) is 1. The molecule has 0 bridgehead atoms. The second-order valence-electron chi connectivity index (χ2n) is 5.87. The van der Waals surface area contributed by atoms with E-state index in [1.165, 1.54) is 0 Å². The number of ether oxygens (including phenoxy) is 3. The van der Waals surface area contributed by atoms with Crippen LogP contribution in [-0.4, -0.2) is 33.4 Å². The van der Waals surface area contributed by atoms with Gasteiger partial charge in [0.15, 0.2) is 5.96 Å². The molecule has 0 saturated heterocycles. The molecule has 140 valence electrons. The number of aryl methyl sites for hydroxylation is 1. The second kappa shape index (κ2) is 10.4. The molecule has 0 spiro atoms. The predicted molar refractivity (Wildman–Crippen MR) is 105 cm³/mol. The molecule has 2 rings (SSSR count). The van der Waals surface area contributed by atoms with Gasteiger partial charge in [0.2, 0.25) is 0 Å². The lowest BCUT2D eigenvalue weighted by atomic mass is 10.1. The lowest BCUT2D eigenvalue weighted by Crippen LogP contribution is -2.23. The number of nitrogens with one attached hydrogen (secondary N) is 1. The highest BCUT2D eigenvalue weighted by atomic mass is 16.5. The van der Waals surface area contributed by atoms with Crippen LogP contribution in [0.4, 0.5) is 5.69 Å². The average molecular weight is 357 g/mol. The maximum atomic E-state index is 6.06. The fourth-order valence-corrected chi connectivity index (χ4v) is 2.43. The summed E-state index contributed by atoms with van der Waals surface area (Å²) in [5.74, 6) is 1.15. The topological polar surface area (TPSA) is 78.1 Å². The van der Waals surface area contributed by atoms with Crippen LogP contribution in [0.5, 0.6) is 5.75 Å². The molecule has 0 aliphatic rings. The zero-order chi connectivity index (χ0) is 18.8. The molecule has 2 aromatic carbocycles. The standard InChI is InChI=1S/C20H27N3O3/c1-15-8-9-16(19(12-15)26-11-10-24-2)13-22-20(21)23-18-7-5-4-6-17(18)14-25-3/h4-9,12H,10-11,13-14H2,1-3H3,(H3,21,22,23). The Bertz CT molecular complexity index is 732. The van der Waals surface area contributed by atoms with E-state index in [0.717, 1.165) is 28.1 Å². The molecule has 6 heteroatoms. The molecular formula is C20H27N3O3. The van der Waals surface area contributed by atoms with Crippen LogP contribution < -0.4 is 15.8 Å². The fraction of sp³-hybridized carbons (Fsp3) is 0.350. The maximum Gasteiger partial charge on any atom is 0.193 e. The van der Waals surface area contributed by atoms with Gasteiger partial charge >= 0.3 is 0 Å². The number of rotatable bonds is 9. The van der Waals surface area contributed by atoms with Crippen LogP contribution in [-0.2, 0) is 22.6 Å². The van der Waals surface area contributed by atoms with E-state index < -0.39 is 0 Å². The summed E-state index contributed by atoms with van der Waals surface area (Å²) in [7, 11) is 3.31. The molecule has 0 aromatic heterocycles. The number of nitrogens with two attached hydrogens (primary N) is 1. The number of methoxy groups -OCH3 is 2. The summed E-state index contributed by atoms with van der Waals surface area (Å²) < 4.78 is 16.0. The van der Waals surface area contributed by atoms with Crippen LogP contribution in [0.25, 0.3) is 0 Å². The molecule has 3 N–H and O–H groups in total. The Balaban J connectivity index is 2.06. The van der Waals surface area contributed by atoms with Crippen molar-refractivity contribution in [2.75, 3.05) is 32.8 Å². The zero-order valence-electron chi connectivity index (χ0n) is 15.6. The van der Waals surface area contributed by atoms with Gasteiger partial charge < -0.3 is 25.3 Å². The number of anilines is 1. The van der Waals surface area contributed by atoms with Gasteiger partial charge in [-0.05, 0) is 24.6 Å². The highest BCUT2D eigenvalue weighted by Crippen LogP contribution is 2.21. The summed E-state index contributed by atoms with van der Waals surface area (Å²) in [6.07, 6.45) is 0. The highest BCUT2D eigenvalue weighted by Gasteiger charge is 2.06. The van der Waals surface area contributed by atoms with Crippen molar-refractivity contribution < 1.29 is 14.2 Å². The minimum atomic E-state index is 0.344. The lowest BCUT2D eigenvalue weighted by molar-refractivity contribution is 0.146. The van der Waals surface area contributed by atoms with Gasteiger partial charge in [-0.3, -0.25) is 0 Å². The Morgan fingerprint density at radius 3 is 2.62 bits per heavy atom. The second-order valence-corrected chi connectivity index (χ2v) is 5.87. The van der Waals surface area contributed by atoms with Crippen molar-refractivity contribution >= 4 is 11.6 Å². The molecule has 0 radical (unpaired) electrons. The number of hydrogen-bond donors (Lipinski definition) is 2. The van der Waals surface area contributed by atoms with Crippen molar-refractivity contribution in [2.24, 2.45) is 10.7 Å². The van der Waals surface area contributed by atoms with Crippen LogP contribution in [0.15, 0.2) is 47.5 Å². The number of hydrogen-bond acceptors (Lipinski definition) is 4. The lowest BCUT2D eigenvalue weighted by Gasteiger charge is -2.13. The molecule has 0 heterocycles. The third kappa shape index (κ3) is 6.06. The average Bonchev–Trinajstić information content (AvgIpc) is 2.63. The van der Waals surface area contributed by atoms with E-state index in [4.69, 9.17) is 19.9 Å². The number of aliphatic imine (C=N–C) groups is 1. The van der Waals surface area contributed by atoms with E-state index in [2.05, 4.69) is 10.3 Å². The van der Waals surface area contributed by atoms with Crippen LogP contribution in [0.2, 0.25) is 0 Å². The number of benzene rings is 2. The first-order valence-corrected chi connectivity index (χ1v) is 8.49. The largest absolute Gasteiger partial charge is 0.491 e. The summed E-state index contributed by atoms with van der Waals surface area (Å²) in [4.78, 5) is 4.44. The highest BCUT2D eigenvalue weighted by molar-refractivity contribution is 5.92. The van der Waals surface area contributed by atoms with Crippen molar-refractivity contribution in [1.29, 1.82) is 0 Å². The minimum Gasteiger partial charge on any atom is -0.491 e. The molecule has 0 amide bonds. The molecular weight excluding hydrogens is 330 g/mol. The summed E-state index contributed by atoms with van der Waals surface area (Å²) in [6.45, 7) is 3.99. The predicted octanol–water partition coefficient (Wildman–Crippen LogP) is 3.09. The van der Waals surface area contributed by atoms with E-state index in [1.807, 2.05) is 49.4 Å². The zero-order valence-corrected chi connectivity index (χ0v) is 15.6. The van der Waals surface area contributed by atoms with Gasteiger partial charge in [-0.15, -0.1) is 0 Å². The Labute approximate surface area is 155 Å². The number of guanidine groups is 1. The number of para-hydroxylation sites is 1. The van der Waals surface area contributed by atoms with Gasteiger partial charge in [0.1, 0.15) is 12.4 Å². The van der Waals surface area contributed by atoms with Crippen molar-refractivity contribution in [3.05, 3.63) is 59.2 Å². The van der Waals surface area contributed by atoms with Crippen molar-refractivity contribution in [3.8, 4) is 5.75 Å². The van der Waals surface area contributed by atoms with Gasteiger partial charge in [-0.2, -0.15) is 0 Å². The van der Waals surface area contributed by atoms with Crippen molar-refractivity contribution in [3.63, 3.8) is 0 Å². The molecule has 0 unspecified atom stereocenters. The van der Waals surface area contributed by atoms with Gasteiger partial charge in [0, 0.05) is 31.0 Å². The molecule has 0 atom stereocenters. The third-order valence-corrected chi connectivity index (χ3v) is 3.77. The van der Waals surface area contributed by atoms with Crippen molar-refractivity contribution in [1.82, 2.24) is 0 Å². The summed E-state index contributed by atoms with van der Waals surface area (Å²) >= 11 is 0. The first-order valence-electron chi connectivity index (χ1n) is 8.49. The molecule has 0 saturated carbocycles. The van der Waals surface area contributed by atoms with Gasteiger partial charge in [-0.25, -0.2) is 4.99 Å². The van der Waals surface area contributed by atoms with Crippen LogP contribution >= 0.6 is 0 Å². The van der Waals surface area contributed by atoms with E-state index in [-0.39, 0.29) is 0 Å². The molecule has 2 aromatic rings. The Morgan fingerprint density at radius 2 is 1.85 bits per heavy atom. The molecule has 0 aliphatic heterocycles. The van der Waals surface area contributed by atoms with Gasteiger partial charge in [0.25, 0.3) is 0 Å². The first-order chi connectivity index (χ1) is 12.6. The van der Waals surface area contributed by atoms with E-state index in [0.29, 0.717) is 32.3 Å². The van der Waals surface area contributed by atoms with E-state index in [1.54, 1.807) is 14.2 Å². The van der Waals surface area contributed by atoms with Crippen molar-refractivity contribution in [2.45, 2.75) is 20.1 Å². The molecule has 26 heavy (non-hydrogen) atoms. The quantitative estimate of drug-likeness (QED) is 0.410. The van der Waals surface area contributed by atoms with E-state index >= 15 is 0 Å². The smallest absolute Gasteiger partial charge is 0.193 e. The minimum absolute atomic E-state index is 0.344. The fourth-order valence-electron chi connectivity index (χ4n) is 2.43. The normalized spacial score (nSPS) is 11.4. The summed E-state index contributed by atoms with van der Waals surface area (Å²) in [5, 5.41) is 3.14. The van der Waals surface area contributed by atoms with Crippen LogP contribution in [0, 0.1) is 6.92 Å². The monoisotopic (exact) mass is 357 g/mol. The Kier molecular flexibility index (Phi) is 7.92. The van der Waals surface area contributed by atoms with Crippen LogP contribution in [0.3, 0.4) is 0 Å². The van der Waals surface area contributed by atoms with Crippen LogP contribution in [0.1, 0.15) is 16.7 Å². The van der Waals surface area contributed by atoms with E-state index in [9.17, 15) is 0 Å². The summed E-state index contributed by atoms with van der Waals surface area (Å²) in [5.41, 5.74) is 10.1. The Morgan fingerprint density at radius 1 is 1.04 bits per heavy atom. The summed E-state index contributed by atoms with van der Waals surface area (Å²) in [6, 6.07) is 13.9. The maximum absolute atomic E-state index is 6.06. The molecule has 0 aliphatic carbocycles. The van der Waals surface area contributed by atoms with Gasteiger partial charge in [0.05, 0.1) is 19.8 Å². The molecule has 6 nitrogen and oxygen atoms in total. The third-order valence-electron chi connectivity index (χ3n) is 3.77. The van der Waals surface area contributed by atoms with Gasteiger partial charge in [-0.1, -0.05) is 30.3 Å². The SMILES string of the molecule is COCCOc1cc(C)ccc1CN=C(N)Nc1ccccc1COC. The molecule has 0 fully saturated rings. The Hall–Kier alpha value is -2.57. The first kappa shape index (κ1) is 19.8.